The number of hydrogen-bond acceptors (Lipinski definition) is 8. The highest BCUT2D eigenvalue weighted by Gasteiger charge is 2.31. The van der Waals surface area contributed by atoms with Gasteiger partial charge in [-0.1, -0.05) is 18.2 Å². The molecule has 132 valence electrons. The quantitative estimate of drug-likeness (QED) is 0.804. The summed E-state index contributed by atoms with van der Waals surface area (Å²) in [7, 11) is 5.11. The van der Waals surface area contributed by atoms with E-state index in [9.17, 15) is 4.79 Å². The van der Waals surface area contributed by atoms with Gasteiger partial charge < -0.3 is 20.3 Å². The van der Waals surface area contributed by atoms with E-state index in [1.165, 1.54) is 12.7 Å². The third kappa shape index (κ3) is 3.62. The fourth-order valence-electron chi connectivity index (χ4n) is 3.04. The summed E-state index contributed by atoms with van der Waals surface area (Å²) in [5.41, 5.74) is 8.11. The van der Waals surface area contributed by atoms with E-state index in [0.717, 1.165) is 12.1 Å². The molecule has 1 atom stereocenters. The van der Waals surface area contributed by atoms with Crippen molar-refractivity contribution in [2.45, 2.75) is 25.4 Å². The number of para-hydroxylation sites is 1. The molecule has 0 saturated heterocycles. The third-order valence-electron chi connectivity index (χ3n) is 4.23. The predicted molar refractivity (Wildman–Crippen MR) is 95.3 cm³/mol. The van der Waals surface area contributed by atoms with Crippen molar-refractivity contribution in [2.75, 3.05) is 36.7 Å². The predicted octanol–water partition coefficient (Wildman–Crippen LogP) is 1.01. The minimum atomic E-state index is -0.230. The van der Waals surface area contributed by atoms with E-state index in [2.05, 4.69) is 25.9 Å². The van der Waals surface area contributed by atoms with Crippen LogP contribution in [0.3, 0.4) is 0 Å². The van der Waals surface area contributed by atoms with Crippen LogP contribution in [0.4, 0.5) is 17.6 Å². The van der Waals surface area contributed by atoms with Crippen LogP contribution in [-0.2, 0) is 22.5 Å². The normalized spacial score (nSPS) is 15.8. The fraction of sp³-hybridized carbons (Fsp3) is 0.412. The van der Waals surface area contributed by atoms with E-state index in [1.54, 1.807) is 4.90 Å². The Bertz CT molecular complexity index is 779. The number of carbonyl (C=O) groups is 1. The molecule has 0 aliphatic carbocycles. The lowest BCUT2D eigenvalue weighted by Gasteiger charge is -2.26. The Morgan fingerprint density at radius 3 is 2.80 bits per heavy atom. The third-order valence-corrected chi connectivity index (χ3v) is 4.23. The van der Waals surface area contributed by atoms with Gasteiger partial charge in [0.25, 0.3) is 0 Å². The molecule has 0 saturated carbocycles. The topological polar surface area (TPSA) is 97.5 Å². The Hall–Kier alpha value is -2.90. The number of fused-ring (bicyclic) bond motifs is 1. The van der Waals surface area contributed by atoms with Crippen LogP contribution in [0.1, 0.15) is 17.8 Å². The number of benzene rings is 1. The molecule has 0 fully saturated rings. The first-order chi connectivity index (χ1) is 12.0. The molecule has 1 aliphatic heterocycles. The van der Waals surface area contributed by atoms with Crippen molar-refractivity contribution >= 4 is 23.6 Å². The first kappa shape index (κ1) is 16.9. The number of anilines is 3. The summed E-state index contributed by atoms with van der Waals surface area (Å²) in [4.78, 5) is 28.6. The maximum absolute atomic E-state index is 11.8. The molecule has 1 aliphatic rings. The van der Waals surface area contributed by atoms with Gasteiger partial charge in [0.1, 0.15) is 0 Å². The smallest absolute Gasteiger partial charge is 0.307 e. The molecule has 2 heterocycles. The summed E-state index contributed by atoms with van der Waals surface area (Å²) >= 11 is 0. The number of hydrogen-bond donors (Lipinski definition) is 1. The van der Waals surface area contributed by atoms with E-state index < -0.39 is 0 Å². The lowest BCUT2D eigenvalue weighted by Crippen LogP contribution is -2.34. The second-order valence-corrected chi connectivity index (χ2v) is 6.20. The van der Waals surface area contributed by atoms with Gasteiger partial charge in [-0.25, -0.2) is 0 Å². The molecule has 8 heteroatoms. The minimum absolute atomic E-state index is 0.00523. The van der Waals surface area contributed by atoms with Gasteiger partial charge in [-0.3, -0.25) is 4.79 Å². The number of rotatable bonds is 5. The number of nitrogens with two attached hydrogens (primary N) is 1. The fourth-order valence-corrected chi connectivity index (χ4v) is 3.04. The second-order valence-electron chi connectivity index (χ2n) is 6.20. The summed E-state index contributed by atoms with van der Waals surface area (Å²) in [5, 5.41) is 0. The highest BCUT2D eigenvalue weighted by molar-refractivity contribution is 5.72. The number of ether oxygens (including phenoxy) is 1. The molecule has 0 unspecified atom stereocenters. The molecular weight excluding hydrogens is 320 g/mol. The first-order valence-electron chi connectivity index (χ1n) is 8.07. The van der Waals surface area contributed by atoms with E-state index in [0.29, 0.717) is 24.7 Å². The van der Waals surface area contributed by atoms with Gasteiger partial charge in [0.05, 0.1) is 20.1 Å². The molecule has 2 N–H and O–H groups in total. The van der Waals surface area contributed by atoms with Gasteiger partial charge in [0.15, 0.2) is 5.82 Å². The van der Waals surface area contributed by atoms with Crippen molar-refractivity contribution < 1.29 is 9.53 Å². The van der Waals surface area contributed by atoms with Gasteiger partial charge in [-0.05, 0) is 18.1 Å². The number of esters is 1. The van der Waals surface area contributed by atoms with E-state index in [1.807, 2.05) is 32.3 Å². The highest BCUT2D eigenvalue weighted by Crippen LogP contribution is 2.34. The Labute approximate surface area is 146 Å². The van der Waals surface area contributed by atoms with Crippen LogP contribution < -0.4 is 15.5 Å². The van der Waals surface area contributed by atoms with Gasteiger partial charge >= 0.3 is 5.97 Å². The van der Waals surface area contributed by atoms with Gasteiger partial charge in [-0.2, -0.15) is 15.0 Å². The lowest BCUT2D eigenvalue weighted by molar-refractivity contribution is -0.141. The standard InChI is InChI=1S/C17H22N6O2/c1-22(2)17-20-14(19-16(18)21-17)10-23-12(9-15(24)25-3)8-11-6-4-5-7-13(11)23/h4-7,12H,8-10H2,1-3H3,(H2,18,19,20,21)/t12-/m0/s1. The lowest BCUT2D eigenvalue weighted by atomic mass is 10.1. The van der Waals surface area contributed by atoms with Crippen LogP contribution in [0.25, 0.3) is 0 Å². The van der Waals surface area contributed by atoms with E-state index in [-0.39, 0.29) is 18.0 Å². The van der Waals surface area contributed by atoms with Crippen molar-refractivity contribution in [2.24, 2.45) is 0 Å². The monoisotopic (exact) mass is 342 g/mol. The minimum Gasteiger partial charge on any atom is -0.469 e. The number of nitrogens with zero attached hydrogens (tertiary/aromatic N) is 5. The molecule has 0 radical (unpaired) electrons. The van der Waals surface area contributed by atoms with Crippen molar-refractivity contribution in [1.82, 2.24) is 15.0 Å². The van der Waals surface area contributed by atoms with Crippen LogP contribution in [0.15, 0.2) is 24.3 Å². The number of nitrogen functional groups attached to an aromatic ring is 1. The van der Waals surface area contributed by atoms with Crippen molar-refractivity contribution in [3.8, 4) is 0 Å². The van der Waals surface area contributed by atoms with E-state index >= 15 is 0 Å². The van der Waals surface area contributed by atoms with Gasteiger partial charge in [0, 0.05) is 25.8 Å². The van der Waals surface area contributed by atoms with Crippen molar-refractivity contribution in [3.63, 3.8) is 0 Å². The molecule has 2 aromatic rings. The highest BCUT2D eigenvalue weighted by atomic mass is 16.5. The van der Waals surface area contributed by atoms with Crippen LogP contribution in [0.2, 0.25) is 0 Å². The average Bonchev–Trinajstić information content (AvgIpc) is 2.91. The van der Waals surface area contributed by atoms with E-state index in [4.69, 9.17) is 10.5 Å². The number of carbonyl (C=O) groups excluding carboxylic acids is 1. The molecular formula is C17H22N6O2. The largest absolute Gasteiger partial charge is 0.469 e. The summed E-state index contributed by atoms with van der Waals surface area (Å²) in [6, 6.07) is 8.11. The molecule has 1 aromatic heterocycles. The summed E-state index contributed by atoms with van der Waals surface area (Å²) in [6.07, 6.45) is 1.10. The number of methoxy groups -OCH3 is 1. The molecule has 3 rings (SSSR count). The first-order valence-corrected chi connectivity index (χ1v) is 8.07. The zero-order valence-electron chi connectivity index (χ0n) is 14.6. The maximum Gasteiger partial charge on any atom is 0.307 e. The SMILES string of the molecule is COC(=O)C[C@@H]1Cc2ccccc2N1Cc1nc(N)nc(N(C)C)n1. The Kier molecular flexibility index (Phi) is 4.69. The molecule has 0 amide bonds. The molecule has 0 spiro atoms. The maximum atomic E-state index is 11.8. The molecule has 25 heavy (non-hydrogen) atoms. The van der Waals surface area contributed by atoms with Crippen molar-refractivity contribution in [1.29, 1.82) is 0 Å². The summed E-state index contributed by atoms with van der Waals surface area (Å²) in [6.45, 7) is 0.451. The molecule has 0 bridgehead atoms. The van der Waals surface area contributed by atoms with Gasteiger partial charge in [-0.15, -0.1) is 0 Å². The van der Waals surface area contributed by atoms with Crippen LogP contribution in [0, 0.1) is 0 Å². The summed E-state index contributed by atoms with van der Waals surface area (Å²) < 4.78 is 4.85. The zero-order valence-corrected chi connectivity index (χ0v) is 14.6. The summed E-state index contributed by atoms with van der Waals surface area (Å²) in [5.74, 6) is 1.04. The number of aromatic nitrogens is 3. The Morgan fingerprint density at radius 1 is 1.32 bits per heavy atom. The van der Waals surface area contributed by atoms with Gasteiger partial charge in [0.2, 0.25) is 11.9 Å². The Morgan fingerprint density at radius 2 is 2.08 bits per heavy atom. The van der Waals surface area contributed by atoms with Crippen LogP contribution >= 0.6 is 0 Å². The second kappa shape index (κ2) is 6.92. The van der Waals surface area contributed by atoms with Crippen LogP contribution in [-0.4, -0.2) is 48.2 Å². The molecule has 1 aromatic carbocycles. The zero-order chi connectivity index (χ0) is 18.0. The average molecular weight is 342 g/mol. The Balaban J connectivity index is 1.91. The van der Waals surface area contributed by atoms with Crippen LogP contribution in [0.5, 0.6) is 0 Å². The molecule has 8 nitrogen and oxygen atoms in total. The van der Waals surface area contributed by atoms with Crippen molar-refractivity contribution in [3.05, 3.63) is 35.7 Å².